The Bertz CT molecular complexity index is 565. The lowest BCUT2D eigenvalue weighted by Gasteiger charge is -2.21. The van der Waals surface area contributed by atoms with Crippen LogP contribution in [0.1, 0.15) is 29.6 Å². The monoisotopic (exact) mass is 269 g/mol. The third kappa shape index (κ3) is 2.80. The predicted octanol–water partition coefficient (Wildman–Crippen LogP) is 3.04. The predicted molar refractivity (Wildman–Crippen MR) is 78.7 cm³/mol. The van der Waals surface area contributed by atoms with Crippen LogP contribution >= 0.6 is 0 Å². The Morgan fingerprint density at radius 1 is 1.15 bits per heavy atom. The van der Waals surface area contributed by atoms with E-state index in [9.17, 15) is 0 Å². The van der Waals surface area contributed by atoms with Gasteiger partial charge in [-0.05, 0) is 25.8 Å². The maximum absolute atomic E-state index is 5.88. The van der Waals surface area contributed by atoms with Gasteiger partial charge in [-0.1, -0.05) is 30.3 Å². The molecular weight excluding hydrogens is 250 g/mol. The topological polar surface area (TPSA) is 47.0 Å². The number of hydrogen-bond donors (Lipinski definition) is 1. The van der Waals surface area contributed by atoms with E-state index >= 15 is 0 Å². The zero-order valence-corrected chi connectivity index (χ0v) is 11.8. The van der Waals surface area contributed by atoms with Crippen LogP contribution < -0.4 is 5.32 Å². The van der Waals surface area contributed by atoms with Gasteiger partial charge in [-0.25, -0.2) is 9.97 Å². The fourth-order valence-corrected chi connectivity index (χ4v) is 2.69. The molecule has 0 aliphatic carbocycles. The summed E-state index contributed by atoms with van der Waals surface area (Å²) in [5.41, 5.74) is 2.19. The zero-order valence-electron chi connectivity index (χ0n) is 11.8. The lowest BCUT2D eigenvalue weighted by atomic mass is 10.0. The summed E-state index contributed by atoms with van der Waals surface area (Å²) >= 11 is 0. The maximum atomic E-state index is 5.88. The molecule has 1 aromatic heterocycles. The largest absolute Gasteiger partial charge is 0.371 e. The summed E-state index contributed by atoms with van der Waals surface area (Å²) < 4.78 is 5.88. The normalized spacial score (nSPS) is 21.9. The van der Waals surface area contributed by atoms with Crippen molar-refractivity contribution in [1.29, 1.82) is 0 Å². The van der Waals surface area contributed by atoms with E-state index in [0.717, 1.165) is 30.4 Å². The number of aryl methyl sites for hydroxylation is 2. The molecule has 0 unspecified atom stereocenters. The highest BCUT2D eigenvalue weighted by Gasteiger charge is 2.29. The number of hydrogen-bond acceptors (Lipinski definition) is 4. The molecule has 1 aromatic carbocycles. The number of anilines is 1. The highest BCUT2D eigenvalue weighted by atomic mass is 16.5. The summed E-state index contributed by atoms with van der Waals surface area (Å²) in [5, 5.41) is 3.49. The molecule has 1 aliphatic heterocycles. The number of nitrogens with zero attached hydrogens (tertiary/aromatic N) is 2. The Morgan fingerprint density at radius 2 is 1.95 bits per heavy atom. The van der Waals surface area contributed by atoms with Gasteiger partial charge in [0.05, 0.1) is 6.04 Å². The minimum atomic E-state index is 0.0896. The number of nitrogens with one attached hydrogen (secondary N) is 1. The molecule has 0 saturated carbocycles. The number of rotatable bonds is 3. The molecule has 1 aliphatic rings. The summed E-state index contributed by atoms with van der Waals surface area (Å²) in [5.74, 6) is 1.68. The van der Waals surface area contributed by atoms with Crippen LogP contribution in [-0.4, -0.2) is 22.6 Å². The lowest BCUT2D eigenvalue weighted by molar-refractivity contribution is 0.107. The minimum absolute atomic E-state index is 0.0896. The second kappa shape index (κ2) is 5.59. The van der Waals surface area contributed by atoms with E-state index in [2.05, 4.69) is 27.4 Å². The Balaban J connectivity index is 1.79. The average Bonchev–Trinajstić information content (AvgIpc) is 2.86. The molecule has 0 amide bonds. The fraction of sp³-hybridized carbons (Fsp3) is 0.375. The highest BCUT2D eigenvalue weighted by Crippen LogP contribution is 2.31. The molecule has 104 valence electrons. The molecule has 1 fully saturated rings. The van der Waals surface area contributed by atoms with Gasteiger partial charge in [0.2, 0.25) is 0 Å². The molecule has 3 rings (SSSR count). The van der Waals surface area contributed by atoms with Crippen LogP contribution in [0.25, 0.3) is 0 Å². The number of ether oxygens (including phenoxy) is 1. The second-order valence-corrected chi connectivity index (χ2v) is 5.18. The van der Waals surface area contributed by atoms with Gasteiger partial charge in [0.15, 0.2) is 0 Å². The van der Waals surface area contributed by atoms with Crippen molar-refractivity contribution in [2.24, 2.45) is 0 Å². The zero-order chi connectivity index (χ0) is 13.9. The summed E-state index contributed by atoms with van der Waals surface area (Å²) in [4.78, 5) is 8.75. The van der Waals surface area contributed by atoms with Gasteiger partial charge >= 0.3 is 0 Å². The van der Waals surface area contributed by atoms with Crippen molar-refractivity contribution in [1.82, 2.24) is 9.97 Å². The van der Waals surface area contributed by atoms with Crippen LogP contribution in [0.5, 0.6) is 0 Å². The van der Waals surface area contributed by atoms with Crippen molar-refractivity contribution < 1.29 is 4.74 Å². The van der Waals surface area contributed by atoms with E-state index in [1.165, 1.54) is 5.56 Å². The standard InChI is InChI=1S/C16H19N3O/c1-11-10-15(18-12(2)17-11)19-14-8-9-20-16(14)13-6-4-3-5-7-13/h3-7,10,14,16H,8-9H2,1-2H3,(H,17,18,19)/t14-,16-/m0/s1. The molecule has 1 N–H and O–H groups in total. The fourth-order valence-electron chi connectivity index (χ4n) is 2.69. The summed E-state index contributed by atoms with van der Waals surface area (Å²) in [6.07, 6.45) is 1.08. The van der Waals surface area contributed by atoms with E-state index in [1.54, 1.807) is 0 Å². The molecular formula is C16H19N3O. The number of benzene rings is 1. The summed E-state index contributed by atoms with van der Waals surface area (Å²) in [7, 11) is 0. The Hall–Kier alpha value is -1.94. The first kappa shape index (κ1) is 13.1. The molecule has 1 saturated heterocycles. The van der Waals surface area contributed by atoms with E-state index in [4.69, 9.17) is 4.74 Å². The molecule has 2 atom stereocenters. The third-order valence-electron chi connectivity index (χ3n) is 3.52. The van der Waals surface area contributed by atoms with Crippen LogP contribution in [-0.2, 0) is 4.74 Å². The van der Waals surface area contributed by atoms with Crippen molar-refractivity contribution in [2.75, 3.05) is 11.9 Å². The van der Waals surface area contributed by atoms with Crippen molar-refractivity contribution in [2.45, 2.75) is 32.4 Å². The molecule has 4 nitrogen and oxygen atoms in total. The SMILES string of the molecule is Cc1cc(N[C@H]2CCO[C@H]2c2ccccc2)nc(C)n1. The van der Waals surface area contributed by atoms with Gasteiger partial charge in [-0.3, -0.25) is 0 Å². The summed E-state index contributed by atoms with van der Waals surface area (Å²) in [6.45, 7) is 4.68. The smallest absolute Gasteiger partial charge is 0.130 e. The van der Waals surface area contributed by atoms with Crippen molar-refractivity contribution in [3.63, 3.8) is 0 Å². The van der Waals surface area contributed by atoms with E-state index in [-0.39, 0.29) is 12.1 Å². The van der Waals surface area contributed by atoms with Gasteiger partial charge in [0.1, 0.15) is 17.7 Å². The first-order valence-corrected chi connectivity index (χ1v) is 6.98. The summed E-state index contributed by atoms with van der Waals surface area (Å²) in [6, 6.07) is 12.6. The molecule has 0 spiro atoms. The van der Waals surface area contributed by atoms with Gasteiger partial charge in [-0.15, -0.1) is 0 Å². The van der Waals surface area contributed by atoms with Gasteiger partial charge in [0, 0.05) is 18.4 Å². The van der Waals surface area contributed by atoms with Crippen molar-refractivity contribution in [3.05, 3.63) is 53.5 Å². The third-order valence-corrected chi connectivity index (χ3v) is 3.52. The first-order chi connectivity index (χ1) is 9.72. The Labute approximate surface area is 119 Å². The van der Waals surface area contributed by atoms with Gasteiger partial charge in [-0.2, -0.15) is 0 Å². The molecule has 0 bridgehead atoms. The van der Waals surface area contributed by atoms with E-state index in [1.807, 2.05) is 38.1 Å². The van der Waals surface area contributed by atoms with E-state index < -0.39 is 0 Å². The highest BCUT2D eigenvalue weighted by molar-refractivity contribution is 5.38. The first-order valence-electron chi connectivity index (χ1n) is 6.98. The van der Waals surface area contributed by atoms with Crippen LogP contribution in [0.2, 0.25) is 0 Å². The van der Waals surface area contributed by atoms with Gasteiger partial charge < -0.3 is 10.1 Å². The Morgan fingerprint density at radius 3 is 2.70 bits per heavy atom. The molecule has 2 aromatic rings. The molecule has 20 heavy (non-hydrogen) atoms. The maximum Gasteiger partial charge on any atom is 0.130 e. The van der Waals surface area contributed by atoms with Crippen molar-refractivity contribution in [3.8, 4) is 0 Å². The average molecular weight is 269 g/mol. The molecule has 4 heteroatoms. The number of aromatic nitrogens is 2. The van der Waals surface area contributed by atoms with Crippen LogP contribution in [0.4, 0.5) is 5.82 Å². The van der Waals surface area contributed by atoms with Crippen molar-refractivity contribution >= 4 is 5.82 Å². The quantitative estimate of drug-likeness (QED) is 0.930. The minimum Gasteiger partial charge on any atom is -0.371 e. The van der Waals surface area contributed by atoms with E-state index in [0.29, 0.717) is 0 Å². The van der Waals surface area contributed by atoms with Crippen LogP contribution in [0.15, 0.2) is 36.4 Å². The molecule has 2 heterocycles. The Kier molecular flexibility index (Phi) is 3.65. The lowest BCUT2D eigenvalue weighted by Crippen LogP contribution is -2.24. The molecule has 0 radical (unpaired) electrons. The second-order valence-electron chi connectivity index (χ2n) is 5.18. The van der Waals surface area contributed by atoms with Crippen LogP contribution in [0.3, 0.4) is 0 Å². The van der Waals surface area contributed by atoms with Gasteiger partial charge in [0.25, 0.3) is 0 Å². The van der Waals surface area contributed by atoms with Crippen LogP contribution in [0, 0.1) is 13.8 Å².